The van der Waals surface area contributed by atoms with Crippen LogP contribution in [0.5, 0.6) is 0 Å². The molecule has 1 unspecified atom stereocenters. The smallest absolute Gasteiger partial charge is 0.0829 e. The number of hydrogen-bond acceptors (Lipinski definition) is 4. The third-order valence-electron chi connectivity index (χ3n) is 3.70. The minimum atomic E-state index is 0.448. The lowest BCUT2D eigenvalue weighted by atomic mass is 10.0. The van der Waals surface area contributed by atoms with Crippen LogP contribution < -0.4 is 5.32 Å². The first kappa shape index (κ1) is 17.6. The molecule has 1 aromatic rings. The normalized spacial score (nSPS) is 13.1. The number of hydrogen-bond donors (Lipinski definition) is 1. The molecule has 1 atom stereocenters. The van der Waals surface area contributed by atoms with E-state index < -0.39 is 0 Å². The highest BCUT2D eigenvalue weighted by atomic mass is 32.1. The summed E-state index contributed by atoms with van der Waals surface area (Å²) in [6.45, 7) is 9.86. The molecule has 0 aliphatic carbocycles. The van der Waals surface area contributed by atoms with Crippen molar-refractivity contribution in [1.82, 2.24) is 14.9 Å². The molecule has 0 aliphatic heterocycles. The molecular weight excluding hydrogens is 266 g/mol. The van der Waals surface area contributed by atoms with Crippen molar-refractivity contribution >= 4 is 11.5 Å². The number of aromatic nitrogens is 2. The minimum absolute atomic E-state index is 0.448. The molecule has 1 rings (SSSR count). The molecule has 0 saturated carbocycles. The summed E-state index contributed by atoms with van der Waals surface area (Å²) in [5.41, 5.74) is 1.19. The molecule has 4 heteroatoms. The summed E-state index contributed by atoms with van der Waals surface area (Å²) in [7, 11) is 0. The fourth-order valence-corrected chi connectivity index (χ4v) is 3.46. The Morgan fingerprint density at radius 3 is 2.40 bits per heavy atom. The van der Waals surface area contributed by atoms with Crippen LogP contribution in [0, 0.1) is 0 Å². The molecule has 0 aromatic carbocycles. The average molecular weight is 298 g/mol. The molecule has 20 heavy (non-hydrogen) atoms. The van der Waals surface area contributed by atoms with Crippen LogP contribution in [-0.4, -0.2) is 16.1 Å². The van der Waals surface area contributed by atoms with Gasteiger partial charge >= 0.3 is 0 Å². The molecule has 3 nitrogen and oxygen atoms in total. The second-order valence-corrected chi connectivity index (χ2v) is 6.63. The highest BCUT2D eigenvalue weighted by molar-refractivity contribution is 7.05. The Kier molecular flexibility index (Phi) is 9.03. The SMILES string of the molecule is CCCCCCCCC(NCC)c1snnc1C(C)C. The van der Waals surface area contributed by atoms with Gasteiger partial charge in [-0.05, 0) is 30.4 Å². The van der Waals surface area contributed by atoms with Crippen molar-refractivity contribution in [2.45, 2.75) is 84.6 Å². The Bertz CT molecular complexity index is 349. The van der Waals surface area contributed by atoms with Crippen LogP contribution >= 0.6 is 11.5 Å². The first-order chi connectivity index (χ1) is 9.70. The van der Waals surface area contributed by atoms with Crippen molar-refractivity contribution in [2.75, 3.05) is 6.54 Å². The number of rotatable bonds is 11. The molecule has 0 radical (unpaired) electrons. The first-order valence-electron chi connectivity index (χ1n) is 8.26. The molecule has 116 valence electrons. The van der Waals surface area contributed by atoms with E-state index in [0.717, 1.165) is 6.54 Å². The fraction of sp³-hybridized carbons (Fsp3) is 0.875. The standard InChI is InChI=1S/C16H31N3S/c1-5-7-8-9-10-11-12-14(17-6-2)16-15(13(3)4)18-19-20-16/h13-14,17H,5-12H2,1-4H3. The predicted octanol–water partition coefficient (Wildman–Crippen LogP) is 5.06. The van der Waals surface area contributed by atoms with E-state index >= 15 is 0 Å². The minimum Gasteiger partial charge on any atom is -0.309 e. The van der Waals surface area contributed by atoms with Gasteiger partial charge in [0, 0.05) is 6.04 Å². The second-order valence-electron chi connectivity index (χ2n) is 5.84. The van der Waals surface area contributed by atoms with Gasteiger partial charge in [0.2, 0.25) is 0 Å². The monoisotopic (exact) mass is 297 g/mol. The summed E-state index contributed by atoms with van der Waals surface area (Å²) < 4.78 is 4.17. The Morgan fingerprint density at radius 1 is 1.05 bits per heavy atom. The molecule has 0 fully saturated rings. The van der Waals surface area contributed by atoms with Crippen molar-refractivity contribution in [3.05, 3.63) is 10.6 Å². The summed E-state index contributed by atoms with van der Waals surface area (Å²) >= 11 is 1.57. The maximum absolute atomic E-state index is 4.32. The van der Waals surface area contributed by atoms with Crippen LogP contribution in [0.15, 0.2) is 0 Å². The maximum Gasteiger partial charge on any atom is 0.0829 e. The highest BCUT2D eigenvalue weighted by Crippen LogP contribution is 2.29. The van der Waals surface area contributed by atoms with Gasteiger partial charge in [-0.2, -0.15) is 0 Å². The van der Waals surface area contributed by atoms with Crippen LogP contribution in [0.3, 0.4) is 0 Å². The summed E-state index contributed by atoms with van der Waals surface area (Å²) in [6.07, 6.45) is 9.34. The Labute approximate surface area is 128 Å². The second kappa shape index (κ2) is 10.3. The molecule has 0 amide bonds. The van der Waals surface area contributed by atoms with Crippen LogP contribution in [0.4, 0.5) is 0 Å². The third kappa shape index (κ3) is 5.88. The van der Waals surface area contributed by atoms with Crippen LogP contribution in [0.25, 0.3) is 0 Å². The summed E-state index contributed by atoms with van der Waals surface area (Å²) in [5.74, 6) is 0.467. The van der Waals surface area contributed by atoms with Gasteiger partial charge < -0.3 is 5.32 Å². The van der Waals surface area contributed by atoms with E-state index in [0.29, 0.717) is 12.0 Å². The van der Waals surface area contributed by atoms with Gasteiger partial charge in [0.15, 0.2) is 0 Å². The van der Waals surface area contributed by atoms with Crippen molar-refractivity contribution in [1.29, 1.82) is 0 Å². The average Bonchev–Trinajstić information content (AvgIpc) is 2.90. The van der Waals surface area contributed by atoms with Gasteiger partial charge in [-0.1, -0.05) is 70.7 Å². The lowest BCUT2D eigenvalue weighted by molar-refractivity contribution is 0.478. The summed E-state index contributed by atoms with van der Waals surface area (Å²) in [5, 5.41) is 7.93. The number of nitrogens with zero attached hydrogens (tertiary/aromatic N) is 2. The van der Waals surface area contributed by atoms with Crippen LogP contribution in [0.2, 0.25) is 0 Å². The lowest BCUT2D eigenvalue weighted by Crippen LogP contribution is -2.21. The molecule has 1 aromatic heterocycles. The van der Waals surface area contributed by atoms with E-state index in [1.165, 1.54) is 55.5 Å². The Morgan fingerprint density at radius 2 is 1.75 bits per heavy atom. The van der Waals surface area contributed by atoms with E-state index in [1.54, 1.807) is 11.5 Å². The number of unbranched alkanes of at least 4 members (excludes halogenated alkanes) is 5. The molecule has 0 bridgehead atoms. The summed E-state index contributed by atoms with van der Waals surface area (Å²) in [6, 6.07) is 0.448. The molecular formula is C16H31N3S. The quantitative estimate of drug-likeness (QED) is 0.580. The molecule has 1 heterocycles. The molecule has 0 aliphatic rings. The topological polar surface area (TPSA) is 37.8 Å². The van der Waals surface area contributed by atoms with Crippen LogP contribution in [0.1, 0.15) is 95.2 Å². The molecule has 0 spiro atoms. The molecule has 0 saturated heterocycles. The van der Waals surface area contributed by atoms with Crippen molar-refractivity contribution in [3.8, 4) is 0 Å². The Balaban J connectivity index is 2.45. The Hall–Kier alpha value is -0.480. The lowest BCUT2D eigenvalue weighted by Gasteiger charge is -2.18. The van der Waals surface area contributed by atoms with E-state index in [-0.39, 0.29) is 0 Å². The highest BCUT2D eigenvalue weighted by Gasteiger charge is 2.19. The fourth-order valence-electron chi connectivity index (χ4n) is 2.55. The third-order valence-corrected chi connectivity index (χ3v) is 4.55. The molecule has 1 N–H and O–H groups in total. The van der Waals surface area contributed by atoms with Gasteiger partial charge in [0.1, 0.15) is 0 Å². The van der Waals surface area contributed by atoms with Crippen molar-refractivity contribution in [3.63, 3.8) is 0 Å². The van der Waals surface area contributed by atoms with Crippen molar-refractivity contribution in [2.24, 2.45) is 0 Å². The zero-order chi connectivity index (χ0) is 14.8. The van der Waals surface area contributed by atoms with E-state index in [9.17, 15) is 0 Å². The largest absolute Gasteiger partial charge is 0.309 e. The van der Waals surface area contributed by atoms with Gasteiger partial charge in [0.05, 0.1) is 10.6 Å². The number of nitrogens with one attached hydrogen (secondary N) is 1. The maximum atomic E-state index is 4.32. The first-order valence-corrected chi connectivity index (χ1v) is 9.03. The van der Waals surface area contributed by atoms with Crippen molar-refractivity contribution < 1.29 is 0 Å². The van der Waals surface area contributed by atoms with Crippen LogP contribution in [-0.2, 0) is 0 Å². The van der Waals surface area contributed by atoms with Gasteiger partial charge in [-0.25, -0.2) is 0 Å². The van der Waals surface area contributed by atoms with Gasteiger partial charge in [-0.15, -0.1) is 5.10 Å². The van der Waals surface area contributed by atoms with Gasteiger partial charge in [0.25, 0.3) is 0 Å². The van der Waals surface area contributed by atoms with E-state index in [1.807, 2.05) is 0 Å². The zero-order valence-corrected chi connectivity index (χ0v) is 14.4. The summed E-state index contributed by atoms with van der Waals surface area (Å²) in [4.78, 5) is 1.36. The predicted molar refractivity (Wildman–Crippen MR) is 88.4 cm³/mol. The van der Waals surface area contributed by atoms with E-state index in [4.69, 9.17) is 0 Å². The zero-order valence-electron chi connectivity index (χ0n) is 13.6. The van der Waals surface area contributed by atoms with E-state index in [2.05, 4.69) is 42.6 Å². The van der Waals surface area contributed by atoms with Gasteiger partial charge in [-0.3, -0.25) is 0 Å².